The first-order valence-electron chi connectivity index (χ1n) is 12.3. The molecule has 3 aromatic carbocycles. The van der Waals surface area contributed by atoms with Crippen LogP contribution in [0.25, 0.3) is 6.08 Å². The molecule has 35 heavy (non-hydrogen) atoms. The van der Waals surface area contributed by atoms with Crippen LogP contribution in [0.4, 0.5) is 5.69 Å². The van der Waals surface area contributed by atoms with E-state index in [0.29, 0.717) is 12.2 Å². The average Bonchev–Trinajstić information content (AvgIpc) is 3.39. The SMILES string of the molecule is COc1ccc(/C=C/C(=O)c2ccc(N3CCOCC3)cc2)cc1COc1ccc2c(c1)CCC2. The number of ketones is 1. The van der Waals surface area contributed by atoms with Crippen LogP contribution in [0.15, 0.2) is 66.7 Å². The highest BCUT2D eigenvalue weighted by Gasteiger charge is 2.13. The smallest absolute Gasteiger partial charge is 0.185 e. The Hall–Kier alpha value is -3.57. The van der Waals surface area contributed by atoms with Gasteiger partial charge >= 0.3 is 0 Å². The summed E-state index contributed by atoms with van der Waals surface area (Å²) >= 11 is 0. The number of hydrogen-bond acceptors (Lipinski definition) is 5. The van der Waals surface area contributed by atoms with Crippen LogP contribution in [0, 0.1) is 0 Å². The normalized spacial score (nSPS) is 15.3. The van der Waals surface area contributed by atoms with Crippen LogP contribution in [0.2, 0.25) is 0 Å². The molecule has 0 spiro atoms. The maximum Gasteiger partial charge on any atom is 0.185 e. The standard InChI is InChI=1S/C30H31NO4/c1-33-30-14-6-22(19-26(30)21-35-28-12-9-23-3-2-4-25(23)20-28)5-13-29(32)24-7-10-27(11-8-24)31-15-17-34-18-16-31/h5-14,19-20H,2-4,15-18,21H2,1H3/b13-5+. The highest BCUT2D eigenvalue weighted by Crippen LogP contribution is 2.28. The molecule has 0 aromatic heterocycles. The number of anilines is 1. The Morgan fingerprint density at radius 1 is 0.971 bits per heavy atom. The van der Waals surface area contributed by atoms with E-state index in [4.69, 9.17) is 14.2 Å². The molecular formula is C30H31NO4. The summed E-state index contributed by atoms with van der Waals surface area (Å²) in [5, 5.41) is 0. The summed E-state index contributed by atoms with van der Waals surface area (Å²) in [6, 6.07) is 20.0. The molecular weight excluding hydrogens is 438 g/mol. The first-order chi connectivity index (χ1) is 17.2. The predicted molar refractivity (Wildman–Crippen MR) is 139 cm³/mol. The van der Waals surface area contributed by atoms with Crippen LogP contribution in [-0.4, -0.2) is 39.2 Å². The van der Waals surface area contributed by atoms with Gasteiger partial charge in [-0.1, -0.05) is 18.2 Å². The molecule has 0 atom stereocenters. The molecule has 180 valence electrons. The molecule has 0 radical (unpaired) electrons. The van der Waals surface area contributed by atoms with Crippen molar-refractivity contribution in [1.82, 2.24) is 0 Å². The zero-order valence-corrected chi connectivity index (χ0v) is 20.2. The first-order valence-corrected chi connectivity index (χ1v) is 12.3. The second kappa shape index (κ2) is 10.8. The number of rotatable bonds is 8. The van der Waals surface area contributed by atoms with Crippen LogP contribution in [0.5, 0.6) is 11.5 Å². The Kier molecular flexibility index (Phi) is 7.15. The molecule has 1 heterocycles. The van der Waals surface area contributed by atoms with Gasteiger partial charge in [0.15, 0.2) is 5.78 Å². The molecule has 1 aliphatic heterocycles. The molecule has 0 bridgehead atoms. The van der Waals surface area contributed by atoms with Gasteiger partial charge in [0, 0.05) is 29.9 Å². The van der Waals surface area contributed by atoms with Crippen molar-refractivity contribution in [3.63, 3.8) is 0 Å². The lowest BCUT2D eigenvalue weighted by atomic mass is 10.1. The van der Waals surface area contributed by atoms with Gasteiger partial charge in [-0.2, -0.15) is 0 Å². The molecule has 1 aliphatic carbocycles. The van der Waals surface area contributed by atoms with Gasteiger partial charge in [0.2, 0.25) is 0 Å². The first kappa shape index (κ1) is 23.2. The maximum atomic E-state index is 12.7. The van der Waals surface area contributed by atoms with E-state index in [0.717, 1.165) is 67.5 Å². The fourth-order valence-electron chi connectivity index (χ4n) is 4.74. The number of nitrogens with zero attached hydrogens (tertiary/aromatic N) is 1. The molecule has 2 aliphatic rings. The number of carbonyl (C=O) groups excluding carboxylic acids is 1. The van der Waals surface area contributed by atoms with E-state index in [1.807, 2.05) is 54.6 Å². The number of carbonyl (C=O) groups is 1. The third kappa shape index (κ3) is 5.57. The second-order valence-corrected chi connectivity index (χ2v) is 8.99. The lowest BCUT2D eigenvalue weighted by Gasteiger charge is -2.28. The van der Waals surface area contributed by atoms with Gasteiger partial charge in [-0.3, -0.25) is 4.79 Å². The maximum absolute atomic E-state index is 12.7. The number of hydrogen-bond donors (Lipinski definition) is 0. The minimum Gasteiger partial charge on any atom is -0.496 e. The zero-order valence-electron chi connectivity index (χ0n) is 20.2. The van der Waals surface area contributed by atoms with Crippen LogP contribution in [0.1, 0.15) is 39.0 Å². The number of fused-ring (bicyclic) bond motifs is 1. The number of methoxy groups -OCH3 is 1. The number of morpholine rings is 1. The van der Waals surface area contributed by atoms with Crippen molar-refractivity contribution in [1.29, 1.82) is 0 Å². The van der Waals surface area contributed by atoms with Gasteiger partial charge in [0.1, 0.15) is 18.1 Å². The lowest BCUT2D eigenvalue weighted by molar-refractivity contribution is 0.104. The molecule has 1 fully saturated rings. The van der Waals surface area contributed by atoms with E-state index >= 15 is 0 Å². The third-order valence-corrected chi connectivity index (χ3v) is 6.72. The average molecular weight is 470 g/mol. The van der Waals surface area contributed by atoms with Crippen LogP contribution < -0.4 is 14.4 Å². The summed E-state index contributed by atoms with van der Waals surface area (Å²) in [5.74, 6) is 1.63. The molecule has 5 rings (SSSR count). The van der Waals surface area contributed by atoms with Crippen molar-refractivity contribution in [2.24, 2.45) is 0 Å². The Labute approximate surface area is 206 Å². The monoisotopic (exact) mass is 469 g/mol. The minimum atomic E-state index is -0.0229. The van der Waals surface area contributed by atoms with Crippen molar-refractivity contribution in [2.45, 2.75) is 25.9 Å². The Balaban J connectivity index is 1.24. The van der Waals surface area contributed by atoms with Crippen molar-refractivity contribution in [2.75, 3.05) is 38.3 Å². The number of allylic oxidation sites excluding steroid dienone is 1. The van der Waals surface area contributed by atoms with Crippen LogP contribution >= 0.6 is 0 Å². The lowest BCUT2D eigenvalue weighted by Crippen LogP contribution is -2.36. The van der Waals surface area contributed by atoms with Crippen LogP contribution in [-0.2, 0) is 24.2 Å². The van der Waals surface area contributed by atoms with Crippen molar-refractivity contribution < 1.29 is 19.0 Å². The third-order valence-electron chi connectivity index (χ3n) is 6.72. The summed E-state index contributed by atoms with van der Waals surface area (Å²) in [4.78, 5) is 15.0. The van der Waals surface area contributed by atoms with Gasteiger partial charge in [-0.25, -0.2) is 0 Å². The molecule has 5 nitrogen and oxygen atoms in total. The zero-order chi connectivity index (χ0) is 24.0. The summed E-state index contributed by atoms with van der Waals surface area (Å²) in [7, 11) is 1.66. The fourth-order valence-corrected chi connectivity index (χ4v) is 4.74. The number of ether oxygens (including phenoxy) is 3. The van der Waals surface area contributed by atoms with E-state index < -0.39 is 0 Å². The van der Waals surface area contributed by atoms with Crippen LogP contribution in [0.3, 0.4) is 0 Å². The largest absolute Gasteiger partial charge is 0.496 e. The highest BCUT2D eigenvalue weighted by atomic mass is 16.5. The Morgan fingerprint density at radius 2 is 1.77 bits per heavy atom. The molecule has 1 saturated heterocycles. The van der Waals surface area contributed by atoms with Crippen molar-refractivity contribution >= 4 is 17.5 Å². The quantitative estimate of drug-likeness (QED) is 0.322. The summed E-state index contributed by atoms with van der Waals surface area (Å²) in [6.45, 7) is 3.64. The molecule has 0 saturated carbocycles. The van der Waals surface area contributed by atoms with E-state index in [-0.39, 0.29) is 5.78 Å². The summed E-state index contributed by atoms with van der Waals surface area (Å²) in [6.07, 6.45) is 6.97. The molecule has 0 N–H and O–H groups in total. The second-order valence-electron chi connectivity index (χ2n) is 8.99. The van der Waals surface area contributed by atoms with E-state index in [1.54, 1.807) is 13.2 Å². The van der Waals surface area contributed by atoms with E-state index in [9.17, 15) is 4.79 Å². The Bertz CT molecular complexity index is 1210. The predicted octanol–water partition coefficient (Wildman–Crippen LogP) is 5.50. The van der Waals surface area contributed by atoms with E-state index in [1.165, 1.54) is 17.5 Å². The van der Waals surface area contributed by atoms with Gasteiger partial charge in [0.25, 0.3) is 0 Å². The molecule has 3 aromatic rings. The van der Waals surface area contributed by atoms with E-state index in [2.05, 4.69) is 17.0 Å². The topological polar surface area (TPSA) is 48.0 Å². The van der Waals surface area contributed by atoms with Crippen molar-refractivity contribution in [3.05, 3.63) is 94.6 Å². The van der Waals surface area contributed by atoms with Crippen molar-refractivity contribution in [3.8, 4) is 11.5 Å². The molecule has 0 amide bonds. The number of aryl methyl sites for hydroxylation is 2. The minimum absolute atomic E-state index is 0.0229. The van der Waals surface area contributed by atoms with Gasteiger partial charge in [-0.05, 0) is 90.6 Å². The molecule has 0 unspecified atom stereocenters. The number of benzene rings is 3. The highest BCUT2D eigenvalue weighted by molar-refractivity contribution is 6.07. The molecule has 5 heteroatoms. The Morgan fingerprint density at radius 3 is 2.57 bits per heavy atom. The van der Waals surface area contributed by atoms with Gasteiger partial charge < -0.3 is 19.1 Å². The fraction of sp³-hybridized carbons (Fsp3) is 0.300. The summed E-state index contributed by atoms with van der Waals surface area (Å²) < 4.78 is 17.0. The summed E-state index contributed by atoms with van der Waals surface area (Å²) in [5.41, 5.74) is 6.49. The van der Waals surface area contributed by atoms with Gasteiger partial charge in [0.05, 0.1) is 20.3 Å². The van der Waals surface area contributed by atoms with Gasteiger partial charge in [-0.15, -0.1) is 0 Å².